The first-order chi connectivity index (χ1) is 13.9. The summed E-state index contributed by atoms with van der Waals surface area (Å²) < 4.78 is 11.0. The lowest BCUT2D eigenvalue weighted by Crippen LogP contribution is -3.06. The molecular formula is C21H24N3O4S+. The number of nitrogens with one attached hydrogen (secondary N) is 1. The van der Waals surface area contributed by atoms with E-state index >= 15 is 0 Å². The zero-order chi connectivity index (χ0) is 21.0. The third kappa shape index (κ3) is 4.72. The molecule has 7 nitrogen and oxygen atoms in total. The van der Waals surface area contributed by atoms with Crippen molar-refractivity contribution in [2.45, 2.75) is 0 Å². The Morgan fingerprint density at radius 3 is 2.38 bits per heavy atom. The molecule has 0 aliphatic heterocycles. The van der Waals surface area contributed by atoms with Crippen molar-refractivity contribution in [3.05, 3.63) is 53.6 Å². The van der Waals surface area contributed by atoms with E-state index in [9.17, 15) is 9.59 Å². The molecule has 0 unspecified atom stereocenters. The summed E-state index contributed by atoms with van der Waals surface area (Å²) in [7, 11) is 7.02. The molecule has 152 valence electrons. The maximum atomic E-state index is 13.3. The van der Waals surface area contributed by atoms with Crippen LogP contribution in [0.15, 0.2) is 42.5 Å². The van der Waals surface area contributed by atoms with Crippen molar-refractivity contribution < 1.29 is 24.0 Å². The van der Waals surface area contributed by atoms with Crippen LogP contribution in [0.3, 0.4) is 0 Å². The molecule has 0 aliphatic carbocycles. The van der Waals surface area contributed by atoms with E-state index in [1.54, 1.807) is 36.3 Å². The van der Waals surface area contributed by atoms with Crippen LogP contribution in [0.5, 0.6) is 5.75 Å². The van der Waals surface area contributed by atoms with Gasteiger partial charge in [0.1, 0.15) is 5.75 Å². The van der Waals surface area contributed by atoms with Gasteiger partial charge in [-0.3, -0.25) is 9.69 Å². The van der Waals surface area contributed by atoms with E-state index < -0.39 is 5.97 Å². The van der Waals surface area contributed by atoms with Crippen molar-refractivity contribution in [1.29, 1.82) is 0 Å². The van der Waals surface area contributed by atoms with Gasteiger partial charge in [0.2, 0.25) is 0 Å². The van der Waals surface area contributed by atoms with E-state index in [1.807, 2.05) is 32.3 Å². The molecule has 0 saturated carbocycles. The summed E-state index contributed by atoms with van der Waals surface area (Å²) in [4.78, 5) is 32.5. The van der Waals surface area contributed by atoms with Gasteiger partial charge in [-0.2, -0.15) is 0 Å². The molecule has 8 heteroatoms. The molecule has 1 aromatic heterocycles. The minimum atomic E-state index is -0.433. The average Bonchev–Trinajstić information content (AvgIpc) is 3.15. The fraction of sp³-hybridized carbons (Fsp3) is 0.286. The van der Waals surface area contributed by atoms with E-state index in [-0.39, 0.29) is 5.91 Å². The number of aromatic nitrogens is 1. The number of esters is 1. The SMILES string of the molecule is COC(=O)c1ccc(C(=O)N(CC[NH+](C)C)c2nc3cc(OC)ccc3s2)cc1. The first-order valence-electron chi connectivity index (χ1n) is 9.16. The minimum Gasteiger partial charge on any atom is -0.497 e. The number of quaternary nitrogens is 1. The van der Waals surface area contributed by atoms with Crippen LogP contribution in [0.4, 0.5) is 5.13 Å². The van der Waals surface area contributed by atoms with Crippen LogP contribution in [-0.2, 0) is 4.74 Å². The van der Waals surface area contributed by atoms with Crippen molar-refractivity contribution in [2.24, 2.45) is 0 Å². The predicted molar refractivity (Wildman–Crippen MR) is 113 cm³/mol. The average molecular weight is 415 g/mol. The minimum absolute atomic E-state index is 0.159. The number of nitrogens with zero attached hydrogens (tertiary/aromatic N) is 2. The fourth-order valence-corrected chi connectivity index (χ4v) is 3.75. The molecule has 1 heterocycles. The molecule has 0 fully saturated rings. The number of thiazole rings is 1. The highest BCUT2D eigenvalue weighted by Crippen LogP contribution is 2.31. The topological polar surface area (TPSA) is 73.2 Å². The van der Waals surface area contributed by atoms with Crippen LogP contribution in [0.25, 0.3) is 10.2 Å². The summed E-state index contributed by atoms with van der Waals surface area (Å²) in [6.07, 6.45) is 0. The highest BCUT2D eigenvalue weighted by molar-refractivity contribution is 7.22. The summed E-state index contributed by atoms with van der Waals surface area (Å²) in [5.41, 5.74) is 1.68. The van der Waals surface area contributed by atoms with Crippen molar-refractivity contribution in [3.8, 4) is 5.75 Å². The van der Waals surface area contributed by atoms with Gasteiger partial charge in [-0.15, -0.1) is 0 Å². The molecule has 0 atom stereocenters. The van der Waals surface area contributed by atoms with Gasteiger partial charge in [-0.1, -0.05) is 11.3 Å². The number of rotatable bonds is 7. The molecular weight excluding hydrogens is 390 g/mol. The van der Waals surface area contributed by atoms with Gasteiger partial charge in [-0.05, 0) is 36.4 Å². The van der Waals surface area contributed by atoms with E-state index in [4.69, 9.17) is 9.47 Å². The lowest BCUT2D eigenvalue weighted by Gasteiger charge is -2.20. The third-order valence-corrected chi connectivity index (χ3v) is 5.51. The van der Waals surface area contributed by atoms with Gasteiger partial charge >= 0.3 is 5.97 Å². The van der Waals surface area contributed by atoms with Gasteiger partial charge in [0.05, 0.1) is 57.2 Å². The fourth-order valence-electron chi connectivity index (χ4n) is 2.78. The van der Waals surface area contributed by atoms with E-state index in [1.165, 1.54) is 23.3 Å². The highest BCUT2D eigenvalue weighted by Gasteiger charge is 2.22. The number of anilines is 1. The van der Waals surface area contributed by atoms with Crippen molar-refractivity contribution >= 4 is 38.6 Å². The Morgan fingerprint density at radius 2 is 1.76 bits per heavy atom. The quantitative estimate of drug-likeness (QED) is 0.598. The second-order valence-corrected chi connectivity index (χ2v) is 7.82. The van der Waals surface area contributed by atoms with Crippen LogP contribution in [0.2, 0.25) is 0 Å². The van der Waals surface area contributed by atoms with Gasteiger partial charge in [-0.25, -0.2) is 9.78 Å². The molecule has 2 aromatic carbocycles. The first-order valence-corrected chi connectivity index (χ1v) is 9.98. The molecule has 29 heavy (non-hydrogen) atoms. The number of likely N-dealkylation sites (N-methyl/N-ethyl adjacent to an activating group) is 1. The summed E-state index contributed by atoms with van der Waals surface area (Å²) >= 11 is 1.47. The normalized spacial score (nSPS) is 10.9. The number of amides is 1. The van der Waals surface area contributed by atoms with Gasteiger partial charge in [0.15, 0.2) is 5.13 Å². The molecule has 0 radical (unpaired) electrons. The Kier molecular flexibility index (Phi) is 6.46. The van der Waals surface area contributed by atoms with Crippen LogP contribution in [0, 0.1) is 0 Å². The second kappa shape index (κ2) is 9.02. The third-order valence-electron chi connectivity index (χ3n) is 4.45. The number of benzene rings is 2. The van der Waals surface area contributed by atoms with Crippen LogP contribution < -0.4 is 14.5 Å². The highest BCUT2D eigenvalue weighted by atomic mass is 32.1. The number of fused-ring (bicyclic) bond motifs is 1. The summed E-state index contributed by atoms with van der Waals surface area (Å²) in [5, 5.41) is 0.636. The van der Waals surface area contributed by atoms with Crippen molar-refractivity contribution in [1.82, 2.24) is 4.98 Å². The summed E-state index contributed by atoms with van der Waals surface area (Å²) in [6, 6.07) is 12.2. The molecule has 0 saturated heterocycles. The van der Waals surface area contributed by atoms with Crippen molar-refractivity contribution in [3.63, 3.8) is 0 Å². The molecule has 0 aliphatic rings. The molecule has 0 spiro atoms. The number of methoxy groups -OCH3 is 2. The lowest BCUT2D eigenvalue weighted by atomic mass is 10.1. The Labute approximate surface area is 173 Å². The molecule has 1 N–H and O–H groups in total. The monoisotopic (exact) mass is 414 g/mol. The summed E-state index contributed by atoms with van der Waals surface area (Å²) in [5.74, 6) is 0.134. The number of ether oxygens (including phenoxy) is 2. The molecule has 0 bridgehead atoms. The Bertz CT molecular complexity index is 1010. The lowest BCUT2D eigenvalue weighted by molar-refractivity contribution is -0.856. The standard InChI is InChI=1S/C21H23N3O4S/c1-23(2)11-12-24(19(25)14-5-7-15(8-6-14)20(26)28-4)21-22-17-13-16(27-3)9-10-18(17)29-21/h5-10,13H,11-12H2,1-4H3/p+1. The Balaban J connectivity index is 1.94. The van der Waals surface area contributed by atoms with E-state index in [0.717, 1.165) is 22.5 Å². The van der Waals surface area contributed by atoms with Gasteiger partial charge in [0, 0.05) is 11.6 Å². The number of carbonyl (C=O) groups excluding carboxylic acids is 2. The van der Waals surface area contributed by atoms with Crippen LogP contribution in [-0.4, -0.2) is 58.3 Å². The second-order valence-electron chi connectivity index (χ2n) is 6.81. The van der Waals surface area contributed by atoms with Crippen LogP contribution in [0.1, 0.15) is 20.7 Å². The largest absolute Gasteiger partial charge is 0.497 e. The maximum Gasteiger partial charge on any atom is 0.337 e. The van der Waals surface area contributed by atoms with Gasteiger partial charge < -0.3 is 14.4 Å². The van der Waals surface area contributed by atoms with Crippen molar-refractivity contribution in [2.75, 3.05) is 46.3 Å². The predicted octanol–water partition coefficient (Wildman–Crippen LogP) is 1.88. The number of hydrogen-bond acceptors (Lipinski definition) is 6. The zero-order valence-electron chi connectivity index (χ0n) is 16.9. The first kappa shape index (κ1) is 20.8. The Hall–Kier alpha value is -2.97. The molecule has 3 rings (SSSR count). The number of hydrogen-bond donors (Lipinski definition) is 1. The molecule has 1 amide bonds. The maximum absolute atomic E-state index is 13.3. The zero-order valence-corrected chi connectivity index (χ0v) is 17.7. The van der Waals surface area contributed by atoms with E-state index in [2.05, 4.69) is 4.98 Å². The molecule has 3 aromatic rings. The van der Waals surface area contributed by atoms with E-state index in [0.29, 0.717) is 22.8 Å². The van der Waals surface area contributed by atoms with Gasteiger partial charge in [0.25, 0.3) is 5.91 Å². The number of carbonyl (C=O) groups is 2. The Morgan fingerprint density at radius 1 is 1.07 bits per heavy atom. The van der Waals surface area contributed by atoms with Crippen LogP contribution >= 0.6 is 11.3 Å². The summed E-state index contributed by atoms with van der Waals surface area (Å²) in [6.45, 7) is 1.29. The smallest absolute Gasteiger partial charge is 0.337 e.